The molecule has 0 aliphatic rings. The Morgan fingerprint density at radius 2 is 2.13 bits per heavy atom. The number of hydrogen-bond donors (Lipinski definition) is 2. The Morgan fingerprint density at radius 1 is 1.35 bits per heavy atom. The third-order valence-electron chi connectivity index (χ3n) is 3.46. The largest absolute Gasteiger partial charge is 0.342 e. The second-order valence-corrected chi connectivity index (χ2v) is 6.70. The second-order valence-electron chi connectivity index (χ2n) is 5.75. The maximum Gasteiger partial charge on any atom is 0.249 e. The number of hydrogen-bond acceptors (Lipinski definition) is 4. The second kappa shape index (κ2) is 6.78. The number of rotatable bonds is 6. The Morgan fingerprint density at radius 3 is 2.78 bits per heavy atom. The van der Waals surface area contributed by atoms with Crippen LogP contribution in [0.3, 0.4) is 0 Å². The van der Waals surface area contributed by atoms with Gasteiger partial charge in [0.25, 0.3) is 0 Å². The number of aromatic amines is 1. The number of carbonyl (C=O) groups excluding carboxylic acids is 1. The molecule has 0 unspecified atom stereocenters. The number of anilines is 1. The fourth-order valence-corrected chi connectivity index (χ4v) is 3.06. The summed E-state index contributed by atoms with van der Waals surface area (Å²) < 4.78 is 1.92. The molecule has 0 saturated carbocycles. The number of nitrogens with zero attached hydrogens (tertiary/aromatic N) is 3. The van der Waals surface area contributed by atoms with Crippen LogP contribution in [0.15, 0.2) is 42.0 Å². The highest BCUT2D eigenvalue weighted by molar-refractivity contribution is 7.13. The molecule has 3 aromatic rings. The van der Waals surface area contributed by atoms with Crippen LogP contribution in [0.2, 0.25) is 0 Å². The third-order valence-corrected chi connectivity index (χ3v) is 4.34. The normalized spacial score (nSPS) is 12.5. The van der Waals surface area contributed by atoms with E-state index in [0.717, 1.165) is 11.3 Å². The number of amides is 1. The van der Waals surface area contributed by atoms with Gasteiger partial charge in [-0.2, -0.15) is 4.98 Å². The van der Waals surface area contributed by atoms with E-state index >= 15 is 0 Å². The molecule has 3 rings (SSSR count). The number of nitrogens with one attached hydrogen (secondary N) is 2. The molecule has 6 nitrogen and oxygen atoms in total. The number of H-pyrrole nitrogens is 1. The smallest absolute Gasteiger partial charge is 0.249 e. The average Bonchev–Trinajstić information content (AvgIpc) is 3.25. The first kappa shape index (κ1) is 15.5. The van der Waals surface area contributed by atoms with Gasteiger partial charge in [0, 0.05) is 12.4 Å². The summed E-state index contributed by atoms with van der Waals surface area (Å²) in [6.07, 6.45) is 4.56. The summed E-state index contributed by atoms with van der Waals surface area (Å²) >= 11 is 1.57. The van der Waals surface area contributed by atoms with Crippen LogP contribution in [0.25, 0.3) is 10.7 Å². The Kier molecular flexibility index (Phi) is 4.57. The summed E-state index contributed by atoms with van der Waals surface area (Å²) in [6, 6.07) is 7.47. The number of carbonyl (C=O) groups is 1. The van der Waals surface area contributed by atoms with Crippen LogP contribution >= 0.6 is 11.3 Å². The predicted molar refractivity (Wildman–Crippen MR) is 91.2 cm³/mol. The van der Waals surface area contributed by atoms with Crippen molar-refractivity contribution in [1.82, 2.24) is 19.7 Å². The van der Waals surface area contributed by atoms with Crippen LogP contribution in [-0.4, -0.2) is 25.7 Å². The molecule has 0 fully saturated rings. The SMILES string of the molecule is CC(C)C[C@@H](C(=O)Nc1n[nH]c(-c2cccs2)n1)n1cccc1. The molecule has 3 heterocycles. The van der Waals surface area contributed by atoms with Gasteiger partial charge in [-0.1, -0.05) is 19.9 Å². The minimum atomic E-state index is -0.270. The van der Waals surface area contributed by atoms with Gasteiger partial charge >= 0.3 is 0 Å². The van der Waals surface area contributed by atoms with E-state index in [1.807, 2.05) is 46.6 Å². The molecule has 0 spiro atoms. The van der Waals surface area contributed by atoms with E-state index in [0.29, 0.717) is 17.7 Å². The lowest BCUT2D eigenvalue weighted by Crippen LogP contribution is -2.27. The molecule has 0 aromatic carbocycles. The van der Waals surface area contributed by atoms with Gasteiger partial charge in [0.15, 0.2) is 5.82 Å². The summed E-state index contributed by atoms with van der Waals surface area (Å²) in [5, 5.41) is 11.7. The minimum Gasteiger partial charge on any atom is -0.342 e. The van der Waals surface area contributed by atoms with Gasteiger partial charge in [0.05, 0.1) is 4.88 Å². The fraction of sp³-hybridized carbons (Fsp3) is 0.312. The Balaban J connectivity index is 1.74. The van der Waals surface area contributed by atoms with Crippen LogP contribution in [0, 0.1) is 5.92 Å². The third kappa shape index (κ3) is 3.68. The highest BCUT2D eigenvalue weighted by Gasteiger charge is 2.22. The summed E-state index contributed by atoms with van der Waals surface area (Å²) in [4.78, 5) is 17.9. The minimum absolute atomic E-state index is 0.105. The van der Waals surface area contributed by atoms with Crippen molar-refractivity contribution in [3.05, 3.63) is 42.0 Å². The lowest BCUT2D eigenvalue weighted by atomic mass is 10.0. The first-order valence-electron chi connectivity index (χ1n) is 7.53. The zero-order valence-corrected chi connectivity index (χ0v) is 13.9. The molecular formula is C16H19N5OS. The van der Waals surface area contributed by atoms with Crippen LogP contribution in [-0.2, 0) is 4.79 Å². The van der Waals surface area contributed by atoms with Crippen molar-refractivity contribution in [3.8, 4) is 10.7 Å². The fourth-order valence-electron chi connectivity index (χ4n) is 2.40. The first-order valence-corrected chi connectivity index (χ1v) is 8.41. The van der Waals surface area contributed by atoms with Crippen molar-refractivity contribution in [1.29, 1.82) is 0 Å². The number of thiophene rings is 1. The van der Waals surface area contributed by atoms with Gasteiger partial charge in [-0.25, -0.2) is 0 Å². The van der Waals surface area contributed by atoms with Crippen LogP contribution < -0.4 is 5.32 Å². The van der Waals surface area contributed by atoms with Crippen molar-refractivity contribution in [3.63, 3.8) is 0 Å². The molecule has 3 aromatic heterocycles. The maximum atomic E-state index is 12.6. The Hall–Kier alpha value is -2.41. The standard InChI is InChI=1S/C16H19N5OS/c1-11(2)10-12(21-7-3-4-8-21)15(22)18-16-17-14(19-20-16)13-6-5-9-23-13/h3-9,11-12H,10H2,1-2H3,(H2,17,18,19,20,22)/t12-/m0/s1. The summed E-state index contributed by atoms with van der Waals surface area (Å²) in [6.45, 7) is 4.21. The van der Waals surface area contributed by atoms with Crippen molar-refractivity contribution in [2.75, 3.05) is 5.32 Å². The molecule has 0 aliphatic carbocycles. The van der Waals surface area contributed by atoms with Gasteiger partial charge in [-0.15, -0.1) is 16.4 Å². The molecular weight excluding hydrogens is 310 g/mol. The van der Waals surface area contributed by atoms with Crippen molar-refractivity contribution in [2.45, 2.75) is 26.3 Å². The quantitative estimate of drug-likeness (QED) is 0.726. The van der Waals surface area contributed by atoms with Gasteiger partial charge in [0.2, 0.25) is 11.9 Å². The Labute approximate surface area is 138 Å². The topological polar surface area (TPSA) is 75.6 Å². The molecule has 0 aliphatic heterocycles. The molecule has 0 bridgehead atoms. The number of aromatic nitrogens is 4. The molecule has 0 saturated heterocycles. The van der Waals surface area contributed by atoms with Crippen molar-refractivity contribution < 1.29 is 4.79 Å². The van der Waals surface area contributed by atoms with Gasteiger partial charge in [-0.05, 0) is 35.9 Å². The zero-order valence-electron chi connectivity index (χ0n) is 13.1. The molecule has 1 amide bonds. The molecule has 120 valence electrons. The van der Waals surface area contributed by atoms with Crippen LogP contribution in [0.1, 0.15) is 26.3 Å². The lowest BCUT2D eigenvalue weighted by molar-refractivity contribution is -0.119. The lowest BCUT2D eigenvalue weighted by Gasteiger charge is -2.19. The molecule has 23 heavy (non-hydrogen) atoms. The van der Waals surface area contributed by atoms with E-state index in [1.54, 1.807) is 11.3 Å². The maximum absolute atomic E-state index is 12.6. The average molecular weight is 329 g/mol. The molecule has 2 N–H and O–H groups in total. The summed E-state index contributed by atoms with van der Waals surface area (Å²) in [5.41, 5.74) is 0. The molecule has 0 radical (unpaired) electrons. The summed E-state index contributed by atoms with van der Waals surface area (Å²) in [7, 11) is 0. The van der Waals surface area contributed by atoms with Crippen LogP contribution in [0.4, 0.5) is 5.95 Å². The predicted octanol–water partition coefficient (Wildman–Crippen LogP) is 3.56. The van der Waals surface area contributed by atoms with E-state index in [1.165, 1.54) is 0 Å². The summed E-state index contributed by atoms with van der Waals surface area (Å²) in [5.74, 6) is 1.27. The van der Waals surface area contributed by atoms with E-state index in [-0.39, 0.29) is 11.9 Å². The van der Waals surface area contributed by atoms with E-state index in [2.05, 4.69) is 34.3 Å². The first-order chi connectivity index (χ1) is 11.1. The molecule has 1 atom stereocenters. The van der Waals surface area contributed by atoms with E-state index < -0.39 is 0 Å². The monoisotopic (exact) mass is 329 g/mol. The zero-order chi connectivity index (χ0) is 16.2. The van der Waals surface area contributed by atoms with Crippen molar-refractivity contribution >= 4 is 23.2 Å². The Bertz CT molecular complexity index is 745. The van der Waals surface area contributed by atoms with Gasteiger partial charge < -0.3 is 4.57 Å². The van der Waals surface area contributed by atoms with Crippen LogP contribution in [0.5, 0.6) is 0 Å². The van der Waals surface area contributed by atoms with E-state index in [4.69, 9.17) is 0 Å². The van der Waals surface area contributed by atoms with E-state index in [9.17, 15) is 4.79 Å². The van der Waals surface area contributed by atoms with Gasteiger partial charge in [-0.3, -0.25) is 15.2 Å². The van der Waals surface area contributed by atoms with Crippen molar-refractivity contribution in [2.24, 2.45) is 5.92 Å². The highest BCUT2D eigenvalue weighted by Crippen LogP contribution is 2.23. The highest BCUT2D eigenvalue weighted by atomic mass is 32.1. The van der Waals surface area contributed by atoms with Gasteiger partial charge in [0.1, 0.15) is 6.04 Å². The molecule has 7 heteroatoms.